The number of carbonyl (C=O) groups is 1. The molecular formula is C11H9ClFNO2. The molecule has 0 saturated heterocycles. The summed E-state index contributed by atoms with van der Waals surface area (Å²) in [6, 6.07) is 4.39. The Labute approximate surface area is 97.4 Å². The number of nitrogens with zero attached hydrogens (tertiary/aromatic N) is 1. The van der Waals surface area contributed by atoms with Crippen LogP contribution >= 0.6 is 11.6 Å². The Kier molecular flexibility index (Phi) is 4.27. The third-order valence-electron chi connectivity index (χ3n) is 1.97. The molecule has 0 saturated carbocycles. The molecule has 0 unspecified atom stereocenters. The standard InChI is InChI=1S/C11H9ClFNO2/c1-2-16-11(15)9-7(5-12)3-4-8(6-14)10(9)13/h3-4H,2,5H2,1H3. The van der Waals surface area contributed by atoms with E-state index in [4.69, 9.17) is 21.6 Å². The zero-order chi connectivity index (χ0) is 12.1. The van der Waals surface area contributed by atoms with Crippen molar-refractivity contribution in [2.24, 2.45) is 0 Å². The molecular weight excluding hydrogens is 233 g/mol. The van der Waals surface area contributed by atoms with Crippen LogP contribution in [0.15, 0.2) is 12.1 Å². The molecule has 1 rings (SSSR count). The minimum atomic E-state index is -0.876. The van der Waals surface area contributed by atoms with Crippen molar-refractivity contribution in [2.75, 3.05) is 6.61 Å². The van der Waals surface area contributed by atoms with E-state index in [-0.39, 0.29) is 23.6 Å². The van der Waals surface area contributed by atoms with Gasteiger partial charge >= 0.3 is 5.97 Å². The van der Waals surface area contributed by atoms with Gasteiger partial charge in [0.15, 0.2) is 5.82 Å². The van der Waals surface area contributed by atoms with Gasteiger partial charge in [-0.3, -0.25) is 0 Å². The van der Waals surface area contributed by atoms with Crippen molar-refractivity contribution in [2.45, 2.75) is 12.8 Å². The summed E-state index contributed by atoms with van der Waals surface area (Å²) >= 11 is 5.59. The van der Waals surface area contributed by atoms with Crippen molar-refractivity contribution in [1.82, 2.24) is 0 Å². The molecule has 0 atom stereocenters. The summed E-state index contributed by atoms with van der Waals surface area (Å²) < 4.78 is 18.4. The maximum atomic E-state index is 13.7. The van der Waals surface area contributed by atoms with Crippen molar-refractivity contribution in [3.05, 3.63) is 34.6 Å². The molecule has 84 valence electrons. The van der Waals surface area contributed by atoms with E-state index in [1.165, 1.54) is 12.1 Å². The van der Waals surface area contributed by atoms with E-state index in [0.29, 0.717) is 5.56 Å². The molecule has 0 bridgehead atoms. The minimum Gasteiger partial charge on any atom is -0.462 e. The molecule has 0 aliphatic carbocycles. The lowest BCUT2D eigenvalue weighted by Crippen LogP contribution is -2.11. The predicted octanol–water partition coefficient (Wildman–Crippen LogP) is 2.61. The van der Waals surface area contributed by atoms with Gasteiger partial charge < -0.3 is 4.74 Å². The monoisotopic (exact) mass is 241 g/mol. The molecule has 3 nitrogen and oxygen atoms in total. The molecule has 0 aliphatic heterocycles. The van der Waals surface area contributed by atoms with E-state index in [9.17, 15) is 9.18 Å². The summed E-state index contributed by atoms with van der Waals surface area (Å²) in [5.74, 6) is -1.69. The first kappa shape index (κ1) is 12.5. The van der Waals surface area contributed by atoms with Crippen LogP contribution in [0, 0.1) is 17.1 Å². The lowest BCUT2D eigenvalue weighted by molar-refractivity contribution is 0.0520. The average molecular weight is 242 g/mol. The Bertz CT molecular complexity index is 454. The summed E-state index contributed by atoms with van der Waals surface area (Å²) in [4.78, 5) is 11.5. The first-order valence-electron chi connectivity index (χ1n) is 4.60. The molecule has 16 heavy (non-hydrogen) atoms. The fraction of sp³-hybridized carbons (Fsp3) is 0.273. The topological polar surface area (TPSA) is 50.1 Å². The van der Waals surface area contributed by atoms with Crippen LogP contribution in [-0.2, 0) is 10.6 Å². The number of benzene rings is 1. The predicted molar refractivity (Wildman–Crippen MR) is 56.6 cm³/mol. The number of esters is 1. The Morgan fingerprint density at radius 1 is 1.62 bits per heavy atom. The second kappa shape index (κ2) is 5.47. The first-order valence-corrected chi connectivity index (χ1v) is 5.13. The number of halogens is 2. The van der Waals surface area contributed by atoms with Crippen LogP contribution in [0.25, 0.3) is 0 Å². The summed E-state index contributed by atoms with van der Waals surface area (Å²) in [7, 11) is 0. The van der Waals surface area contributed by atoms with Crippen molar-refractivity contribution < 1.29 is 13.9 Å². The van der Waals surface area contributed by atoms with Gasteiger partial charge in [0.2, 0.25) is 0 Å². The van der Waals surface area contributed by atoms with Gasteiger partial charge in [-0.2, -0.15) is 5.26 Å². The number of nitriles is 1. The Balaban J connectivity index is 3.33. The molecule has 0 aliphatic rings. The van der Waals surface area contributed by atoms with Crippen LogP contribution in [0.3, 0.4) is 0 Å². The van der Waals surface area contributed by atoms with Gasteiger partial charge in [-0.1, -0.05) is 6.07 Å². The van der Waals surface area contributed by atoms with Crippen molar-refractivity contribution >= 4 is 17.6 Å². The fourth-order valence-electron chi connectivity index (χ4n) is 1.24. The second-order valence-corrected chi connectivity index (χ2v) is 3.19. The molecule has 1 aromatic rings. The highest BCUT2D eigenvalue weighted by Gasteiger charge is 2.20. The van der Waals surface area contributed by atoms with Gasteiger partial charge in [0.05, 0.1) is 12.2 Å². The summed E-state index contributed by atoms with van der Waals surface area (Å²) in [6.07, 6.45) is 0. The minimum absolute atomic E-state index is 0.0171. The highest BCUT2D eigenvalue weighted by Crippen LogP contribution is 2.20. The smallest absolute Gasteiger partial charge is 0.341 e. The van der Waals surface area contributed by atoms with E-state index in [2.05, 4.69) is 0 Å². The maximum Gasteiger partial charge on any atom is 0.341 e. The van der Waals surface area contributed by atoms with E-state index in [1.807, 2.05) is 0 Å². The molecule has 0 fully saturated rings. The first-order chi connectivity index (χ1) is 7.65. The average Bonchev–Trinajstić information content (AvgIpc) is 2.28. The summed E-state index contributed by atoms with van der Waals surface area (Å²) in [5, 5.41) is 8.64. The summed E-state index contributed by atoms with van der Waals surface area (Å²) in [5.41, 5.74) is -0.135. The molecule has 0 N–H and O–H groups in total. The number of hydrogen-bond acceptors (Lipinski definition) is 3. The second-order valence-electron chi connectivity index (χ2n) is 2.93. The zero-order valence-electron chi connectivity index (χ0n) is 8.59. The van der Waals surface area contributed by atoms with Gasteiger partial charge in [0.1, 0.15) is 11.6 Å². The quantitative estimate of drug-likeness (QED) is 0.604. The molecule has 0 radical (unpaired) electrons. The maximum absolute atomic E-state index is 13.7. The molecule has 0 aromatic heterocycles. The van der Waals surface area contributed by atoms with Gasteiger partial charge in [0, 0.05) is 5.88 Å². The van der Waals surface area contributed by atoms with E-state index >= 15 is 0 Å². The van der Waals surface area contributed by atoms with Crippen LogP contribution in [0.1, 0.15) is 28.4 Å². The normalized spacial score (nSPS) is 9.62. The van der Waals surface area contributed by atoms with Gasteiger partial charge in [-0.05, 0) is 18.6 Å². The molecule has 1 aromatic carbocycles. The van der Waals surface area contributed by atoms with Crippen molar-refractivity contribution in [1.29, 1.82) is 5.26 Å². The highest BCUT2D eigenvalue weighted by molar-refractivity contribution is 6.17. The number of hydrogen-bond donors (Lipinski definition) is 0. The van der Waals surface area contributed by atoms with E-state index < -0.39 is 11.8 Å². The molecule has 0 heterocycles. The fourth-order valence-corrected chi connectivity index (χ4v) is 1.46. The Morgan fingerprint density at radius 3 is 2.81 bits per heavy atom. The number of alkyl halides is 1. The largest absolute Gasteiger partial charge is 0.462 e. The van der Waals surface area contributed by atoms with Crippen molar-refractivity contribution in [3.8, 4) is 6.07 Å². The molecule has 0 amide bonds. The van der Waals surface area contributed by atoms with Crippen LogP contribution < -0.4 is 0 Å². The van der Waals surface area contributed by atoms with Crippen LogP contribution in [0.5, 0.6) is 0 Å². The number of ether oxygens (including phenoxy) is 1. The van der Waals surface area contributed by atoms with Crippen LogP contribution in [-0.4, -0.2) is 12.6 Å². The van der Waals surface area contributed by atoms with Crippen LogP contribution in [0.4, 0.5) is 4.39 Å². The van der Waals surface area contributed by atoms with Gasteiger partial charge in [0.25, 0.3) is 0 Å². The molecule has 5 heteroatoms. The number of rotatable bonds is 3. The number of carbonyl (C=O) groups excluding carboxylic acids is 1. The third-order valence-corrected chi connectivity index (χ3v) is 2.26. The summed E-state index contributed by atoms with van der Waals surface area (Å²) in [6.45, 7) is 1.75. The molecule has 0 spiro atoms. The Hall–Kier alpha value is -1.60. The Morgan fingerprint density at radius 2 is 2.31 bits per heavy atom. The van der Waals surface area contributed by atoms with E-state index in [0.717, 1.165) is 0 Å². The van der Waals surface area contributed by atoms with Crippen molar-refractivity contribution in [3.63, 3.8) is 0 Å². The third kappa shape index (κ3) is 2.31. The highest BCUT2D eigenvalue weighted by atomic mass is 35.5. The van der Waals surface area contributed by atoms with E-state index in [1.54, 1.807) is 13.0 Å². The SMILES string of the molecule is CCOC(=O)c1c(CCl)ccc(C#N)c1F. The lowest BCUT2D eigenvalue weighted by atomic mass is 10.0. The van der Waals surface area contributed by atoms with Crippen LogP contribution in [0.2, 0.25) is 0 Å². The van der Waals surface area contributed by atoms with Gasteiger partial charge in [-0.15, -0.1) is 11.6 Å². The van der Waals surface area contributed by atoms with Gasteiger partial charge in [-0.25, -0.2) is 9.18 Å². The lowest BCUT2D eigenvalue weighted by Gasteiger charge is -2.08. The zero-order valence-corrected chi connectivity index (χ0v) is 9.34.